The highest BCUT2D eigenvalue weighted by Crippen LogP contribution is 2.29. The fourth-order valence-corrected chi connectivity index (χ4v) is 3.90. The summed E-state index contributed by atoms with van der Waals surface area (Å²) in [7, 11) is 0. The monoisotopic (exact) mass is 414 g/mol. The number of nitrogens with one attached hydrogen (secondary N) is 2. The van der Waals surface area contributed by atoms with Crippen molar-refractivity contribution >= 4 is 17.5 Å². The van der Waals surface area contributed by atoms with Crippen molar-refractivity contribution in [2.24, 2.45) is 0 Å². The van der Waals surface area contributed by atoms with Crippen LogP contribution in [0.1, 0.15) is 36.0 Å². The number of carbonyl (C=O) groups excluding carboxylic acids is 2. The molecule has 1 aliphatic rings. The second kappa shape index (κ2) is 9.94. The van der Waals surface area contributed by atoms with Crippen LogP contribution >= 0.6 is 0 Å². The molecular formula is C26H26N2O3. The smallest absolute Gasteiger partial charge is 0.262 e. The van der Waals surface area contributed by atoms with Crippen LogP contribution in [0.5, 0.6) is 5.75 Å². The van der Waals surface area contributed by atoms with E-state index in [-0.39, 0.29) is 24.5 Å². The second-order valence-electron chi connectivity index (χ2n) is 7.70. The van der Waals surface area contributed by atoms with Crippen LogP contribution in [0.25, 0.3) is 11.1 Å². The third kappa shape index (κ3) is 5.31. The number of benzene rings is 3. The van der Waals surface area contributed by atoms with Gasteiger partial charge >= 0.3 is 0 Å². The summed E-state index contributed by atoms with van der Waals surface area (Å²) in [6.07, 6.45) is 4.31. The number of amides is 2. The van der Waals surface area contributed by atoms with Gasteiger partial charge in [-0.15, -0.1) is 0 Å². The predicted octanol–water partition coefficient (Wildman–Crippen LogP) is 5.04. The van der Waals surface area contributed by atoms with Crippen molar-refractivity contribution in [1.29, 1.82) is 0 Å². The molecule has 0 heterocycles. The molecule has 5 nitrogen and oxygen atoms in total. The van der Waals surface area contributed by atoms with Gasteiger partial charge in [0.15, 0.2) is 6.61 Å². The molecule has 1 fully saturated rings. The Morgan fingerprint density at radius 3 is 2.32 bits per heavy atom. The number of ether oxygens (including phenoxy) is 1. The lowest BCUT2D eigenvalue weighted by Crippen LogP contribution is -2.33. The third-order valence-corrected chi connectivity index (χ3v) is 5.47. The van der Waals surface area contributed by atoms with E-state index in [4.69, 9.17) is 4.74 Å². The summed E-state index contributed by atoms with van der Waals surface area (Å²) < 4.78 is 5.82. The quantitative estimate of drug-likeness (QED) is 0.569. The molecule has 5 heteroatoms. The zero-order valence-electron chi connectivity index (χ0n) is 17.3. The number of carbonyl (C=O) groups is 2. The summed E-state index contributed by atoms with van der Waals surface area (Å²) in [5.74, 6) is 0.165. The Labute approximate surface area is 182 Å². The molecule has 158 valence electrons. The Hall–Kier alpha value is -3.60. The maximum atomic E-state index is 12.7. The van der Waals surface area contributed by atoms with Gasteiger partial charge in [-0.3, -0.25) is 9.59 Å². The van der Waals surface area contributed by atoms with Gasteiger partial charge in [0.2, 0.25) is 0 Å². The molecule has 3 aromatic rings. The van der Waals surface area contributed by atoms with E-state index >= 15 is 0 Å². The first-order valence-electron chi connectivity index (χ1n) is 10.7. The minimum absolute atomic E-state index is 0.150. The SMILES string of the molecule is O=C(COc1ccccc1-c1ccccc1)Nc1ccccc1C(=O)NC1CCCC1. The van der Waals surface area contributed by atoms with Crippen LogP contribution in [0, 0.1) is 0 Å². The molecule has 0 atom stereocenters. The maximum absolute atomic E-state index is 12.7. The molecule has 31 heavy (non-hydrogen) atoms. The van der Waals surface area contributed by atoms with Gasteiger partial charge in [0.25, 0.3) is 11.8 Å². The van der Waals surface area contributed by atoms with E-state index < -0.39 is 0 Å². The van der Waals surface area contributed by atoms with Crippen molar-refractivity contribution in [3.05, 3.63) is 84.4 Å². The number of anilines is 1. The normalized spacial score (nSPS) is 13.5. The Morgan fingerprint density at radius 1 is 0.839 bits per heavy atom. The van der Waals surface area contributed by atoms with E-state index in [1.54, 1.807) is 24.3 Å². The molecule has 0 radical (unpaired) electrons. The van der Waals surface area contributed by atoms with Crippen molar-refractivity contribution < 1.29 is 14.3 Å². The Bertz CT molecular complexity index is 1040. The Kier molecular flexibility index (Phi) is 6.62. The minimum Gasteiger partial charge on any atom is -0.483 e. The second-order valence-corrected chi connectivity index (χ2v) is 7.70. The van der Waals surface area contributed by atoms with Crippen LogP contribution in [-0.4, -0.2) is 24.5 Å². The highest BCUT2D eigenvalue weighted by molar-refractivity contribution is 6.04. The van der Waals surface area contributed by atoms with E-state index in [1.807, 2.05) is 54.6 Å². The van der Waals surface area contributed by atoms with E-state index in [0.29, 0.717) is 17.0 Å². The number of rotatable bonds is 7. The first-order valence-corrected chi connectivity index (χ1v) is 10.7. The lowest BCUT2D eigenvalue weighted by atomic mass is 10.1. The zero-order valence-corrected chi connectivity index (χ0v) is 17.3. The number of hydrogen-bond donors (Lipinski definition) is 2. The molecule has 0 aromatic heterocycles. The van der Waals surface area contributed by atoms with Crippen LogP contribution in [0.2, 0.25) is 0 Å². The van der Waals surface area contributed by atoms with Gasteiger partial charge in [-0.25, -0.2) is 0 Å². The molecule has 0 bridgehead atoms. The van der Waals surface area contributed by atoms with Crippen molar-refractivity contribution in [3.8, 4) is 16.9 Å². The molecule has 4 rings (SSSR count). The fourth-order valence-electron chi connectivity index (χ4n) is 3.90. The van der Waals surface area contributed by atoms with Crippen LogP contribution in [-0.2, 0) is 4.79 Å². The number of hydrogen-bond acceptors (Lipinski definition) is 3. The third-order valence-electron chi connectivity index (χ3n) is 5.47. The Morgan fingerprint density at radius 2 is 1.52 bits per heavy atom. The molecule has 0 spiro atoms. The first kappa shape index (κ1) is 20.7. The molecule has 2 amide bonds. The summed E-state index contributed by atoms with van der Waals surface area (Å²) in [6, 6.07) is 24.8. The summed E-state index contributed by atoms with van der Waals surface area (Å²) in [5.41, 5.74) is 2.90. The van der Waals surface area contributed by atoms with E-state index in [0.717, 1.165) is 36.8 Å². The van der Waals surface area contributed by atoms with Crippen LogP contribution in [0.3, 0.4) is 0 Å². The van der Waals surface area contributed by atoms with Crippen molar-refractivity contribution in [2.45, 2.75) is 31.7 Å². The predicted molar refractivity (Wildman–Crippen MR) is 122 cm³/mol. The molecule has 2 N–H and O–H groups in total. The topological polar surface area (TPSA) is 67.4 Å². The van der Waals surface area contributed by atoms with Gasteiger partial charge < -0.3 is 15.4 Å². The van der Waals surface area contributed by atoms with Crippen molar-refractivity contribution in [3.63, 3.8) is 0 Å². The average Bonchev–Trinajstić information content (AvgIpc) is 3.32. The molecule has 0 unspecified atom stereocenters. The van der Waals surface area contributed by atoms with Gasteiger partial charge in [-0.1, -0.05) is 73.5 Å². The summed E-state index contributed by atoms with van der Waals surface area (Å²) >= 11 is 0. The molecule has 3 aromatic carbocycles. The van der Waals surface area contributed by atoms with Gasteiger partial charge in [0.1, 0.15) is 5.75 Å². The average molecular weight is 415 g/mol. The van der Waals surface area contributed by atoms with Gasteiger partial charge in [0, 0.05) is 11.6 Å². The summed E-state index contributed by atoms with van der Waals surface area (Å²) in [6.45, 7) is -0.150. The molecule has 1 aliphatic carbocycles. The van der Waals surface area contributed by atoms with Crippen LogP contribution < -0.4 is 15.4 Å². The summed E-state index contributed by atoms with van der Waals surface area (Å²) in [5, 5.41) is 5.89. The van der Waals surface area contributed by atoms with E-state index in [9.17, 15) is 9.59 Å². The van der Waals surface area contributed by atoms with Crippen LogP contribution in [0.4, 0.5) is 5.69 Å². The minimum atomic E-state index is -0.316. The van der Waals surface area contributed by atoms with E-state index in [2.05, 4.69) is 10.6 Å². The summed E-state index contributed by atoms with van der Waals surface area (Å²) in [4.78, 5) is 25.3. The largest absolute Gasteiger partial charge is 0.483 e. The van der Waals surface area contributed by atoms with Gasteiger partial charge in [-0.2, -0.15) is 0 Å². The molecule has 1 saturated carbocycles. The maximum Gasteiger partial charge on any atom is 0.262 e. The van der Waals surface area contributed by atoms with Crippen molar-refractivity contribution in [1.82, 2.24) is 5.32 Å². The molecular weight excluding hydrogens is 388 g/mol. The van der Waals surface area contributed by atoms with Gasteiger partial charge in [0.05, 0.1) is 11.3 Å². The lowest BCUT2D eigenvalue weighted by molar-refractivity contribution is -0.118. The highest BCUT2D eigenvalue weighted by Gasteiger charge is 2.20. The lowest BCUT2D eigenvalue weighted by Gasteiger charge is -2.15. The Balaban J connectivity index is 1.41. The first-order chi connectivity index (χ1) is 15.2. The highest BCUT2D eigenvalue weighted by atomic mass is 16.5. The standard InChI is InChI=1S/C26H26N2O3/c29-25(18-31-24-17-9-7-14-21(24)19-10-2-1-3-11-19)28-23-16-8-6-15-22(23)26(30)27-20-12-4-5-13-20/h1-3,6-11,14-17,20H,4-5,12-13,18H2,(H,27,30)(H,28,29). The number of para-hydroxylation sites is 2. The molecule has 0 saturated heterocycles. The van der Waals surface area contributed by atoms with E-state index in [1.165, 1.54) is 0 Å². The molecule has 0 aliphatic heterocycles. The van der Waals surface area contributed by atoms with Gasteiger partial charge in [-0.05, 0) is 36.6 Å². The zero-order chi connectivity index (χ0) is 21.5. The fraction of sp³-hybridized carbons (Fsp3) is 0.231. The van der Waals surface area contributed by atoms with Crippen LogP contribution in [0.15, 0.2) is 78.9 Å². The van der Waals surface area contributed by atoms with Crippen molar-refractivity contribution in [2.75, 3.05) is 11.9 Å².